The molecule has 2 aromatic carbocycles. The predicted octanol–water partition coefficient (Wildman–Crippen LogP) is 4.34. The molecule has 1 atom stereocenters. The van der Waals surface area contributed by atoms with E-state index in [-0.39, 0.29) is 18.5 Å². The summed E-state index contributed by atoms with van der Waals surface area (Å²) in [6.07, 6.45) is 0. The summed E-state index contributed by atoms with van der Waals surface area (Å²) >= 11 is 5.84. The van der Waals surface area contributed by atoms with Crippen LogP contribution in [-0.2, 0) is 6.61 Å². The van der Waals surface area contributed by atoms with Crippen LogP contribution in [-0.4, -0.2) is 7.05 Å². The first-order chi connectivity index (χ1) is 9.60. The molecule has 0 aliphatic rings. The fraction of sp³-hybridized carbons (Fsp3) is 0.250. The Morgan fingerprint density at radius 3 is 2.55 bits per heavy atom. The zero-order valence-electron chi connectivity index (χ0n) is 11.5. The van der Waals surface area contributed by atoms with Gasteiger partial charge in [-0.3, -0.25) is 0 Å². The van der Waals surface area contributed by atoms with Crippen molar-refractivity contribution < 1.29 is 9.13 Å². The van der Waals surface area contributed by atoms with E-state index in [1.165, 1.54) is 17.7 Å². The van der Waals surface area contributed by atoms with Gasteiger partial charge in [-0.05, 0) is 49.9 Å². The van der Waals surface area contributed by atoms with E-state index < -0.39 is 0 Å². The fourth-order valence-electron chi connectivity index (χ4n) is 1.83. The summed E-state index contributed by atoms with van der Waals surface area (Å²) in [6.45, 7) is 2.24. The van der Waals surface area contributed by atoms with E-state index in [2.05, 4.69) is 12.2 Å². The highest BCUT2D eigenvalue weighted by Gasteiger charge is 2.05. The van der Waals surface area contributed by atoms with Crippen LogP contribution in [0.5, 0.6) is 5.75 Å². The number of benzene rings is 2. The van der Waals surface area contributed by atoms with Crippen LogP contribution >= 0.6 is 11.6 Å². The summed E-state index contributed by atoms with van der Waals surface area (Å²) in [7, 11) is 1.91. The molecular formula is C16H17ClFNO. The van der Waals surface area contributed by atoms with Crippen molar-refractivity contribution >= 4 is 11.6 Å². The Morgan fingerprint density at radius 2 is 1.90 bits per heavy atom. The molecule has 1 N–H and O–H groups in total. The first kappa shape index (κ1) is 14.8. The molecule has 20 heavy (non-hydrogen) atoms. The van der Waals surface area contributed by atoms with E-state index in [4.69, 9.17) is 16.3 Å². The highest BCUT2D eigenvalue weighted by Crippen LogP contribution is 2.20. The summed E-state index contributed by atoms with van der Waals surface area (Å²) in [6, 6.07) is 12.5. The van der Waals surface area contributed by atoms with Crippen LogP contribution in [0.3, 0.4) is 0 Å². The molecule has 0 bridgehead atoms. The lowest BCUT2D eigenvalue weighted by atomic mass is 10.1. The average molecular weight is 294 g/mol. The first-order valence-electron chi connectivity index (χ1n) is 6.44. The molecule has 2 rings (SSSR count). The number of halogens is 2. The molecule has 0 fully saturated rings. The Balaban J connectivity index is 2.02. The van der Waals surface area contributed by atoms with Crippen molar-refractivity contribution in [2.75, 3.05) is 7.05 Å². The average Bonchev–Trinajstić information content (AvgIpc) is 2.48. The largest absolute Gasteiger partial charge is 0.489 e. The predicted molar refractivity (Wildman–Crippen MR) is 79.7 cm³/mol. The van der Waals surface area contributed by atoms with Gasteiger partial charge in [-0.1, -0.05) is 23.7 Å². The lowest BCUT2D eigenvalue weighted by molar-refractivity contribution is 0.299. The zero-order valence-corrected chi connectivity index (χ0v) is 12.2. The van der Waals surface area contributed by atoms with Crippen molar-refractivity contribution in [3.05, 3.63) is 64.4 Å². The smallest absolute Gasteiger partial charge is 0.129 e. The second-order valence-electron chi connectivity index (χ2n) is 4.60. The fourth-order valence-corrected chi connectivity index (χ4v) is 2.03. The molecule has 4 heteroatoms. The normalized spacial score (nSPS) is 12.2. The van der Waals surface area contributed by atoms with Gasteiger partial charge in [-0.2, -0.15) is 0 Å². The summed E-state index contributed by atoms with van der Waals surface area (Å²) in [5.41, 5.74) is 1.62. The highest BCUT2D eigenvalue weighted by molar-refractivity contribution is 6.30. The lowest BCUT2D eigenvalue weighted by Gasteiger charge is -2.12. The Morgan fingerprint density at radius 1 is 1.20 bits per heavy atom. The van der Waals surface area contributed by atoms with Crippen LogP contribution in [0.25, 0.3) is 0 Å². The second-order valence-corrected chi connectivity index (χ2v) is 5.04. The van der Waals surface area contributed by atoms with Gasteiger partial charge in [0.25, 0.3) is 0 Å². The van der Waals surface area contributed by atoms with E-state index in [1.54, 1.807) is 6.07 Å². The van der Waals surface area contributed by atoms with Gasteiger partial charge >= 0.3 is 0 Å². The molecule has 0 saturated heterocycles. The molecule has 1 unspecified atom stereocenters. The van der Waals surface area contributed by atoms with Gasteiger partial charge in [0.1, 0.15) is 18.2 Å². The number of hydrogen-bond acceptors (Lipinski definition) is 2. The Kier molecular flexibility index (Phi) is 4.99. The molecule has 0 aromatic heterocycles. The number of nitrogens with one attached hydrogen (secondary N) is 1. The minimum Gasteiger partial charge on any atom is -0.489 e. The molecule has 0 radical (unpaired) electrons. The molecule has 0 amide bonds. The van der Waals surface area contributed by atoms with Crippen LogP contribution in [0.4, 0.5) is 4.39 Å². The molecule has 0 aliphatic carbocycles. The molecule has 2 aromatic rings. The van der Waals surface area contributed by atoms with Gasteiger partial charge in [-0.25, -0.2) is 4.39 Å². The van der Waals surface area contributed by atoms with E-state index in [0.717, 1.165) is 0 Å². The van der Waals surface area contributed by atoms with Crippen molar-refractivity contribution in [3.63, 3.8) is 0 Å². The minimum atomic E-state index is -0.310. The van der Waals surface area contributed by atoms with E-state index in [9.17, 15) is 4.39 Å². The van der Waals surface area contributed by atoms with Crippen molar-refractivity contribution in [2.24, 2.45) is 0 Å². The van der Waals surface area contributed by atoms with Gasteiger partial charge in [0.15, 0.2) is 0 Å². The van der Waals surface area contributed by atoms with Gasteiger partial charge in [0.05, 0.1) is 0 Å². The second kappa shape index (κ2) is 6.73. The third-order valence-corrected chi connectivity index (χ3v) is 3.45. The van der Waals surface area contributed by atoms with Gasteiger partial charge in [-0.15, -0.1) is 0 Å². The van der Waals surface area contributed by atoms with E-state index in [1.807, 2.05) is 31.3 Å². The molecule has 0 saturated carbocycles. The van der Waals surface area contributed by atoms with Crippen LogP contribution < -0.4 is 10.1 Å². The van der Waals surface area contributed by atoms with E-state index in [0.29, 0.717) is 16.3 Å². The molecular weight excluding hydrogens is 277 g/mol. The van der Waals surface area contributed by atoms with Crippen LogP contribution in [0.1, 0.15) is 24.1 Å². The monoisotopic (exact) mass is 293 g/mol. The topological polar surface area (TPSA) is 21.3 Å². The Hall–Kier alpha value is -1.58. The number of rotatable bonds is 5. The van der Waals surface area contributed by atoms with Gasteiger partial charge in [0.2, 0.25) is 0 Å². The third kappa shape index (κ3) is 3.71. The lowest BCUT2D eigenvalue weighted by Crippen LogP contribution is -2.11. The van der Waals surface area contributed by atoms with Crippen molar-refractivity contribution in [3.8, 4) is 5.75 Å². The Labute approximate surface area is 123 Å². The van der Waals surface area contributed by atoms with Gasteiger partial charge in [0, 0.05) is 16.6 Å². The number of hydrogen-bond donors (Lipinski definition) is 1. The minimum absolute atomic E-state index is 0.160. The quantitative estimate of drug-likeness (QED) is 0.885. The molecule has 106 valence electrons. The maximum atomic E-state index is 13.5. The molecule has 0 heterocycles. The van der Waals surface area contributed by atoms with Crippen molar-refractivity contribution in [2.45, 2.75) is 19.6 Å². The van der Waals surface area contributed by atoms with Gasteiger partial charge < -0.3 is 10.1 Å². The number of ether oxygens (including phenoxy) is 1. The summed E-state index contributed by atoms with van der Waals surface area (Å²) in [4.78, 5) is 0. The Bertz CT molecular complexity index is 571. The molecule has 0 spiro atoms. The van der Waals surface area contributed by atoms with Crippen molar-refractivity contribution in [1.29, 1.82) is 0 Å². The zero-order chi connectivity index (χ0) is 14.5. The van der Waals surface area contributed by atoms with Crippen LogP contribution in [0, 0.1) is 5.82 Å². The SMILES string of the molecule is CNC(C)c1ccc(OCc2cc(Cl)ccc2F)cc1. The maximum absolute atomic E-state index is 13.5. The summed E-state index contributed by atoms with van der Waals surface area (Å²) < 4.78 is 19.1. The summed E-state index contributed by atoms with van der Waals surface area (Å²) in [5, 5.41) is 3.67. The third-order valence-electron chi connectivity index (χ3n) is 3.22. The standard InChI is InChI=1S/C16H17ClFNO/c1-11(19-2)12-3-6-15(7-4-12)20-10-13-9-14(17)5-8-16(13)18/h3-9,11,19H,10H2,1-2H3. The summed E-state index contributed by atoms with van der Waals surface area (Å²) in [5.74, 6) is 0.395. The molecule has 2 nitrogen and oxygen atoms in total. The van der Waals surface area contributed by atoms with E-state index >= 15 is 0 Å². The highest BCUT2D eigenvalue weighted by atomic mass is 35.5. The van der Waals surface area contributed by atoms with Crippen LogP contribution in [0.15, 0.2) is 42.5 Å². The molecule has 0 aliphatic heterocycles. The first-order valence-corrected chi connectivity index (χ1v) is 6.82. The maximum Gasteiger partial charge on any atom is 0.129 e. The van der Waals surface area contributed by atoms with Crippen molar-refractivity contribution in [1.82, 2.24) is 5.32 Å². The van der Waals surface area contributed by atoms with Crippen LogP contribution in [0.2, 0.25) is 5.02 Å².